The summed E-state index contributed by atoms with van der Waals surface area (Å²) in [4.78, 5) is 0.564. The van der Waals surface area contributed by atoms with Crippen LogP contribution in [0.15, 0.2) is 94.7 Å². The molecule has 0 fully saturated rings. The summed E-state index contributed by atoms with van der Waals surface area (Å²) in [5, 5.41) is 13.2. The van der Waals surface area contributed by atoms with E-state index in [0.29, 0.717) is 54.5 Å². The summed E-state index contributed by atoms with van der Waals surface area (Å²) >= 11 is 0. The highest BCUT2D eigenvalue weighted by atomic mass is 32.2. The molecule has 0 radical (unpaired) electrons. The number of fused-ring (bicyclic) bond motifs is 2. The van der Waals surface area contributed by atoms with Gasteiger partial charge in [-0.1, -0.05) is 88.4 Å². The van der Waals surface area contributed by atoms with Gasteiger partial charge in [0.05, 0.1) is 9.79 Å². The van der Waals surface area contributed by atoms with E-state index in [4.69, 9.17) is 11.5 Å². The van der Waals surface area contributed by atoms with Crippen molar-refractivity contribution in [2.75, 3.05) is 19.7 Å². The molecule has 4 aromatic rings. The smallest absolute Gasteiger partial charge is 0.240 e. The molecular formula is C40H60N4O5S2. The van der Waals surface area contributed by atoms with Crippen LogP contribution >= 0.6 is 0 Å². The molecule has 0 bridgehead atoms. The maximum atomic E-state index is 12.8. The molecule has 51 heavy (non-hydrogen) atoms. The molecule has 4 aromatic carbocycles. The zero-order valence-corrected chi connectivity index (χ0v) is 32.6. The van der Waals surface area contributed by atoms with Gasteiger partial charge in [-0.15, -0.1) is 0 Å². The van der Waals surface area contributed by atoms with E-state index in [-0.39, 0.29) is 23.6 Å². The Balaban J connectivity index is 0.000000277. The van der Waals surface area contributed by atoms with Crippen LogP contribution in [0, 0.1) is 23.7 Å². The monoisotopic (exact) mass is 740 g/mol. The fourth-order valence-electron chi connectivity index (χ4n) is 6.39. The molecule has 0 aliphatic carbocycles. The first-order valence-electron chi connectivity index (χ1n) is 18.2. The van der Waals surface area contributed by atoms with E-state index in [1.54, 1.807) is 24.3 Å². The number of sulfonamides is 2. The number of nitrogens with one attached hydrogen (secondary N) is 2. The van der Waals surface area contributed by atoms with Crippen LogP contribution < -0.4 is 20.9 Å². The van der Waals surface area contributed by atoms with E-state index in [0.717, 1.165) is 47.2 Å². The lowest BCUT2D eigenvalue weighted by Gasteiger charge is -2.22. The molecule has 0 aliphatic heterocycles. The van der Waals surface area contributed by atoms with Gasteiger partial charge in [0.15, 0.2) is 0 Å². The van der Waals surface area contributed by atoms with Crippen molar-refractivity contribution in [2.45, 2.75) is 95.0 Å². The predicted molar refractivity (Wildman–Crippen MR) is 211 cm³/mol. The van der Waals surface area contributed by atoms with Crippen LogP contribution in [-0.2, 0) is 20.0 Å². The van der Waals surface area contributed by atoms with E-state index < -0.39 is 20.0 Å². The second kappa shape index (κ2) is 20.4. The Labute approximate surface area is 306 Å². The highest BCUT2D eigenvalue weighted by Gasteiger charge is 2.22. The van der Waals surface area contributed by atoms with Gasteiger partial charge in [0.1, 0.15) is 0 Å². The lowest BCUT2D eigenvalue weighted by molar-refractivity contribution is 0.261. The predicted octanol–water partition coefficient (Wildman–Crippen LogP) is 6.79. The Morgan fingerprint density at radius 3 is 1.57 bits per heavy atom. The number of hydrogen-bond acceptors (Lipinski definition) is 7. The third-order valence-corrected chi connectivity index (χ3v) is 12.6. The second-order valence-corrected chi connectivity index (χ2v) is 17.9. The van der Waals surface area contributed by atoms with Crippen LogP contribution in [0.2, 0.25) is 0 Å². The Morgan fingerprint density at radius 2 is 1.12 bits per heavy atom. The van der Waals surface area contributed by atoms with Crippen molar-refractivity contribution < 1.29 is 21.9 Å². The molecule has 0 heterocycles. The van der Waals surface area contributed by atoms with Crippen LogP contribution in [0.1, 0.15) is 73.1 Å². The number of nitrogens with two attached hydrogens (primary N) is 2. The normalized spacial score (nSPS) is 14.7. The Morgan fingerprint density at radius 1 is 0.608 bits per heavy atom. The van der Waals surface area contributed by atoms with Crippen molar-refractivity contribution in [3.8, 4) is 0 Å². The summed E-state index contributed by atoms with van der Waals surface area (Å²) in [7, 11) is -7.15. The number of aliphatic hydroxyl groups is 1. The lowest BCUT2D eigenvalue weighted by Crippen LogP contribution is -2.36. The molecule has 0 aromatic heterocycles. The van der Waals surface area contributed by atoms with E-state index in [2.05, 4.69) is 37.1 Å². The summed E-state index contributed by atoms with van der Waals surface area (Å²) in [5.41, 5.74) is 11.7. The molecule has 0 amide bonds. The minimum absolute atomic E-state index is 0.0532. The topological polar surface area (TPSA) is 165 Å². The summed E-state index contributed by atoms with van der Waals surface area (Å²) in [5.74, 6) is 1.87. The first-order valence-corrected chi connectivity index (χ1v) is 21.2. The summed E-state index contributed by atoms with van der Waals surface area (Å²) in [6.45, 7) is 11.7. The van der Waals surface area contributed by atoms with Crippen molar-refractivity contribution in [1.82, 2.24) is 9.44 Å². The van der Waals surface area contributed by atoms with Crippen molar-refractivity contribution in [3.63, 3.8) is 0 Å². The highest BCUT2D eigenvalue weighted by Crippen LogP contribution is 2.23. The molecule has 11 heteroatoms. The fourth-order valence-corrected chi connectivity index (χ4v) is 9.04. The van der Waals surface area contributed by atoms with Gasteiger partial charge in [-0.2, -0.15) is 0 Å². The molecule has 4 atom stereocenters. The first kappa shape index (κ1) is 42.5. The first-order chi connectivity index (χ1) is 24.2. The Bertz CT molecular complexity index is 1870. The van der Waals surface area contributed by atoms with Gasteiger partial charge in [-0.05, 0) is 128 Å². The number of rotatable bonds is 19. The van der Waals surface area contributed by atoms with Crippen molar-refractivity contribution in [3.05, 3.63) is 84.9 Å². The number of benzene rings is 4. The van der Waals surface area contributed by atoms with Gasteiger partial charge >= 0.3 is 0 Å². The Kier molecular flexibility index (Phi) is 17.0. The molecule has 9 nitrogen and oxygen atoms in total. The largest absolute Gasteiger partial charge is 0.396 e. The van der Waals surface area contributed by atoms with E-state index in [1.807, 2.05) is 67.6 Å². The van der Waals surface area contributed by atoms with Gasteiger partial charge in [-0.25, -0.2) is 26.3 Å². The van der Waals surface area contributed by atoms with Crippen molar-refractivity contribution in [2.24, 2.45) is 35.1 Å². The van der Waals surface area contributed by atoms with E-state index in [9.17, 15) is 21.9 Å². The van der Waals surface area contributed by atoms with Gasteiger partial charge < -0.3 is 16.6 Å². The standard InChI is InChI=1S/C21H32N2O3S.C19H28N2O2S/c1-16(2)13-17(15-22)7-9-20(11-12-24)23-27(25,26)21-10-8-18-5-3-4-6-19(18)14-21;1-14(2)18(13-20)9-8-15(3)21-24(22,23)19-11-10-16-6-4-5-7-17(16)12-19/h3-6,8,10,14,16-17,20,23-24H,7,9,11-13,15,22H2,1-2H3;4-7,10-12,14-15,18,21H,8-9,13,20H2,1-3H3/t17-,20-;15-,18-/m10/s1. The van der Waals surface area contributed by atoms with Crippen LogP contribution in [0.3, 0.4) is 0 Å². The lowest BCUT2D eigenvalue weighted by atomic mass is 9.90. The van der Waals surface area contributed by atoms with Crippen LogP contribution in [-0.4, -0.2) is 53.7 Å². The van der Waals surface area contributed by atoms with Crippen molar-refractivity contribution >= 4 is 41.6 Å². The third kappa shape index (κ3) is 13.5. The van der Waals surface area contributed by atoms with Gasteiger partial charge in [0.25, 0.3) is 0 Å². The molecule has 7 N–H and O–H groups in total. The SMILES string of the molecule is CC(C)C[C@H](CN)CC[C@H](CCO)NS(=O)(=O)c1ccc2ccccc2c1.CC(C)[C@H](CN)CC[C@H](C)NS(=O)(=O)c1ccc2ccccc2c1. The summed E-state index contributed by atoms with van der Waals surface area (Å²) in [6.07, 6.45) is 4.65. The summed E-state index contributed by atoms with van der Waals surface area (Å²) < 4.78 is 56.4. The van der Waals surface area contributed by atoms with Gasteiger partial charge in [0, 0.05) is 18.7 Å². The summed E-state index contributed by atoms with van der Waals surface area (Å²) in [6, 6.07) is 25.4. The average Bonchev–Trinajstić information content (AvgIpc) is 3.09. The molecule has 0 spiro atoms. The maximum absolute atomic E-state index is 12.8. The Hall–Kier alpha value is -2.90. The van der Waals surface area contributed by atoms with E-state index in [1.165, 1.54) is 0 Å². The fraction of sp³-hybridized carbons (Fsp3) is 0.500. The number of hydrogen-bond donors (Lipinski definition) is 5. The van der Waals surface area contributed by atoms with Gasteiger partial charge in [-0.3, -0.25) is 0 Å². The van der Waals surface area contributed by atoms with Crippen LogP contribution in [0.5, 0.6) is 0 Å². The minimum atomic E-state index is -3.64. The minimum Gasteiger partial charge on any atom is -0.396 e. The maximum Gasteiger partial charge on any atom is 0.240 e. The van der Waals surface area contributed by atoms with Crippen LogP contribution in [0.25, 0.3) is 21.5 Å². The van der Waals surface area contributed by atoms with E-state index >= 15 is 0 Å². The zero-order valence-electron chi connectivity index (χ0n) is 31.0. The molecule has 0 saturated carbocycles. The van der Waals surface area contributed by atoms with Crippen molar-refractivity contribution in [1.29, 1.82) is 0 Å². The molecular weight excluding hydrogens is 681 g/mol. The quantitative estimate of drug-likeness (QED) is 0.0707. The average molecular weight is 741 g/mol. The molecule has 4 rings (SSSR count). The molecule has 0 aliphatic rings. The third-order valence-electron chi connectivity index (χ3n) is 9.50. The highest BCUT2D eigenvalue weighted by molar-refractivity contribution is 7.89. The molecule has 0 saturated heterocycles. The second-order valence-electron chi connectivity index (χ2n) is 14.5. The number of aliphatic hydroxyl groups excluding tert-OH is 1. The zero-order chi connectivity index (χ0) is 37.6. The van der Waals surface area contributed by atoms with Gasteiger partial charge in [0.2, 0.25) is 20.0 Å². The van der Waals surface area contributed by atoms with Crippen LogP contribution in [0.4, 0.5) is 0 Å². The molecule has 0 unspecified atom stereocenters. The molecule has 282 valence electrons.